The van der Waals surface area contributed by atoms with Crippen LogP contribution in [0.15, 0.2) is 0 Å². The maximum Gasteiger partial charge on any atom is 0.0779 e. The second-order valence-electron chi connectivity index (χ2n) is 4.05. The van der Waals surface area contributed by atoms with Gasteiger partial charge in [0.2, 0.25) is 0 Å². The Morgan fingerprint density at radius 1 is 1.67 bits per heavy atom. The molecule has 0 radical (unpaired) electrons. The van der Waals surface area contributed by atoms with Gasteiger partial charge in [-0.15, -0.1) is 0 Å². The van der Waals surface area contributed by atoms with Crippen LogP contribution in [0.5, 0.6) is 0 Å². The molecule has 2 unspecified atom stereocenters. The van der Waals surface area contributed by atoms with Gasteiger partial charge < -0.3 is 15.2 Å². The van der Waals surface area contributed by atoms with Crippen LogP contribution in [0, 0.1) is 0 Å². The minimum Gasteiger partial charge on any atom is -0.392 e. The monoisotopic (exact) mass is 173 g/mol. The molecule has 0 aromatic heterocycles. The van der Waals surface area contributed by atoms with Crippen molar-refractivity contribution in [3.05, 3.63) is 0 Å². The lowest BCUT2D eigenvalue weighted by Crippen LogP contribution is -2.45. The van der Waals surface area contributed by atoms with E-state index in [1.165, 1.54) is 0 Å². The van der Waals surface area contributed by atoms with Gasteiger partial charge in [0.15, 0.2) is 0 Å². The zero-order valence-electron chi connectivity index (χ0n) is 8.13. The van der Waals surface area contributed by atoms with E-state index in [1.807, 2.05) is 0 Å². The zero-order valence-corrected chi connectivity index (χ0v) is 8.13. The fourth-order valence-corrected chi connectivity index (χ4v) is 1.55. The van der Waals surface area contributed by atoms with E-state index in [0.29, 0.717) is 12.6 Å². The van der Waals surface area contributed by atoms with Crippen molar-refractivity contribution in [3.63, 3.8) is 0 Å². The number of rotatable bonds is 3. The molecule has 3 heteroatoms. The second kappa shape index (κ2) is 3.73. The molecule has 1 aliphatic heterocycles. The average Bonchev–Trinajstić information content (AvgIpc) is 2.25. The summed E-state index contributed by atoms with van der Waals surface area (Å²) < 4.78 is 5.54. The zero-order chi connectivity index (χ0) is 9.19. The first-order valence-corrected chi connectivity index (χ1v) is 4.58. The summed E-state index contributed by atoms with van der Waals surface area (Å²) in [7, 11) is 0. The lowest BCUT2D eigenvalue weighted by Gasteiger charge is -2.27. The Kier molecular flexibility index (Phi) is 3.09. The molecule has 3 nitrogen and oxygen atoms in total. The van der Waals surface area contributed by atoms with E-state index in [9.17, 15) is 0 Å². The van der Waals surface area contributed by atoms with Gasteiger partial charge >= 0.3 is 0 Å². The Morgan fingerprint density at radius 2 is 2.33 bits per heavy atom. The van der Waals surface area contributed by atoms with Crippen molar-refractivity contribution >= 4 is 0 Å². The second-order valence-corrected chi connectivity index (χ2v) is 4.05. The number of aliphatic hydroxyl groups is 1. The number of hydrogen-bond acceptors (Lipinski definition) is 3. The van der Waals surface area contributed by atoms with Gasteiger partial charge in [-0.2, -0.15) is 0 Å². The van der Waals surface area contributed by atoms with Gasteiger partial charge in [0.1, 0.15) is 0 Å². The van der Waals surface area contributed by atoms with Gasteiger partial charge in [-0.3, -0.25) is 0 Å². The number of aliphatic hydroxyl groups excluding tert-OH is 1. The van der Waals surface area contributed by atoms with Gasteiger partial charge in [-0.05, 0) is 27.2 Å². The summed E-state index contributed by atoms with van der Waals surface area (Å²) in [5.74, 6) is 0. The van der Waals surface area contributed by atoms with Gasteiger partial charge in [-0.25, -0.2) is 0 Å². The smallest absolute Gasteiger partial charge is 0.0779 e. The first kappa shape index (κ1) is 9.96. The number of hydrogen-bond donors (Lipinski definition) is 2. The van der Waals surface area contributed by atoms with Crippen LogP contribution in [0.2, 0.25) is 0 Å². The summed E-state index contributed by atoms with van der Waals surface area (Å²) in [6.45, 7) is 7.43. The molecule has 0 amide bonds. The molecule has 1 aliphatic rings. The molecular formula is C9H19NO2. The highest BCUT2D eigenvalue weighted by Crippen LogP contribution is 2.24. The molecule has 1 heterocycles. The third kappa shape index (κ3) is 2.44. The highest BCUT2D eigenvalue weighted by molar-refractivity contribution is 4.90. The highest BCUT2D eigenvalue weighted by atomic mass is 16.5. The summed E-state index contributed by atoms with van der Waals surface area (Å²) in [6, 6.07) is 0.382. The Morgan fingerprint density at radius 3 is 2.75 bits per heavy atom. The van der Waals surface area contributed by atoms with Crippen LogP contribution in [0.3, 0.4) is 0 Å². The van der Waals surface area contributed by atoms with Crippen LogP contribution in [-0.2, 0) is 4.74 Å². The third-order valence-electron chi connectivity index (χ3n) is 2.38. The Hall–Kier alpha value is -0.120. The van der Waals surface area contributed by atoms with E-state index < -0.39 is 0 Å². The molecule has 12 heavy (non-hydrogen) atoms. The molecule has 1 saturated heterocycles. The molecule has 0 saturated carbocycles. The largest absolute Gasteiger partial charge is 0.392 e. The van der Waals surface area contributed by atoms with Crippen molar-refractivity contribution < 1.29 is 9.84 Å². The molecule has 0 aromatic rings. The molecular weight excluding hydrogens is 154 g/mol. The van der Waals surface area contributed by atoms with Crippen molar-refractivity contribution in [2.75, 3.05) is 13.2 Å². The van der Waals surface area contributed by atoms with E-state index in [0.717, 1.165) is 13.0 Å². The molecule has 2 N–H and O–H groups in total. The quantitative estimate of drug-likeness (QED) is 0.654. The maximum atomic E-state index is 9.08. The van der Waals surface area contributed by atoms with Crippen molar-refractivity contribution in [1.29, 1.82) is 0 Å². The van der Waals surface area contributed by atoms with Crippen LogP contribution >= 0.6 is 0 Å². The van der Waals surface area contributed by atoms with Crippen molar-refractivity contribution in [2.45, 2.75) is 44.9 Å². The average molecular weight is 173 g/mol. The van der Waals surface area contributed by atoms with Crippen LogP contribution in [0.4, 0.5) is 0 Å². The van der Waals surface area contributed by atoms with E-state index in [-0.39, 0.29) is 11.7 Å². The lowest BCUT2D eigenvalue weighted by molar-refractivity contribution is 0.0197. The first-order valence-electron chi connectivity index (χ1n) is 4.58. The van der Waals surface area contributed by atoms with Crippen LogP contribution < -0.4 is 5.32 Å². The molecule has 72 valence electrons. The fourth-order valence-electron chi connectivity index (χ4n) is 1.55. The molecule has 2 atom stereocenters. The molecule has 0 bridgehead atoms. The summed E-state index contributed by atoms with van der Waals surface area (Å²) in [4.78, 5) is 0. The Balaban J connectivity index is 2.32. The van der Waals surface area contributed by atoms with E-state index >= 15 is 0 Å². The third-order valence-corrected chi connectivity index (χ3v) is 2.38. The number of nitrogens with one attached hydrogen (secondary N) is 1. The van der Waals surface area contributed by atoms with Gasteiger partial charge in [0.05, 0.1) is 11.7 Å². The summed E-state index contributed by atoms with van der Waals surface area (Å²) in [6.07, 6.45) is 0.765. The summed E-state index contributed by atoms with van der Waals surface area (Å²) >= 11 is 0. The van der Waals surface area contributed by atoms with Crippen LogP contribution in [0.1, 0.15) is 27.2 Å². The Labute approximate surface area is 74.1 Å². The molecule has 0 aromatic carbocycles. The van der Waals surface area contributed by atoms with Crippen molar-refractivity contribution in [2.24, 2.45) is 0 Å². The molecule has 1 fully saturated rings. The molecule has 1 rings (SSSR count). The van der Waals surface area contributed by atoms with E-state index in [4.69, 9.17) is 9.84 Å². The normalized spacial score (nSPS) is 30.5. The van der Waals surface area contributed by atoms with Gasteiger partial charge in [0.25, 0.3) is 0 Å². The fraction of sp³-hybridized carbons (Fsp3) is 1.00. The topological polar surface area (TPSA) is 41.5 Å². The SMILES string of the molecule is CC(O)CNC1CCOC1(C)C. The predicted octanol–water partition coefficient (Wildman–Crippen LogP) is 0.524. The number of ether oxygens (including phenoxy) is 1. The summed E-state index contributed by atoms with van der Waals surface area (Å²) in [5.41, 5.74) is -0.0745. The summed E-state index contributed by atoms with van der Waals surface area (Å²) in [5, 5.41) is 12.4. The first-order chi connectivity index (χ1) is 5.52. The van der Waals surface area contributed by atoms with Crippen LogP contribution in [0.25, 0.3) is 0 Å². The van der Waals surface area contributed by atoms with Crippen molar-refractivity contribution in [1.82, 2.24) is 5.32 Å². The predicted molar refractivity (Wildman–Crippen MR) is 48.1 cm³/mol. The van der Waals surface area contributed by atoms with Gasteiger partial charge in [0, 0.05) is 19.2 Å². The van der Waals surface area contributed by atoms with E-state index in [1.54, 1.807) is 6.92 Å². The van der Waals surface area contributed by atoms with Gasteiger partial charge in [-0.1, -0.05) is 0 Å². The molecule has 0 aliphatic carbocycles. The highest BCUT2D eigenvalue weighted by Gasteiger charge is 2.35. The minimum absolute atomic E-state index is 0.0745. The minimum atomic E-state index is -0.276. The van der Waals surface area contributed by atoms with E-state index in [2.05, 4.69) is 19.2 Å². The lowest BCUT2D eigenvalue weighted by atomic mass is 9.99. The standard InChI is InChI=1S/C9H19NO2/c1-7(11)6-10-8-4-5-12-9(8,2)3/h7-8,10-11H,4-6H2,1-3H3. The van der Waals surface area contributed by atoms with Crippen LogP contribution in [-0.4, -0.2) is 36.0 Å². The Bertz CT molecular complexity index is 145. The van der Waals surface area contributed by atoms with Crippen molar-refractivity contribution in [3.8, 4) is 0 Å². The maximum absolute atomic E-state index is 9.08. The molecule has 0 spiro atoms.